The molecule has 0 aliphatic rings. The zero-order valence-electron chi connectivity index (χ0n) is 12.7. The van der Waals surface area contributed by atoms with Crippen LogP contribution in [0.5, 0.6) is 0 Å². The van der Waals surface area contributed by atoms with E-state index in [0.717, 1.165) is 0 Å². The van der Waals surface area contributed by atoms with Gasteiger partial charge in [0.15, 0.2) is 0 Å². The van der Waals surface area contributed by atoms with Crippen LogP contribution in [0.15, 0.2) is 11.8 Å². The van der Waals surface area contributed by atoms with Crippen molar-refractivity contribution < 1.29 is 4.43 Å². The highest BCUT2D eigenvalue weighted by Crippen LogP contribution is 2.30. The van der Waals surface area contributed by atoms with Crippen LogP contribution < -0.4 is 0 Å². The van der Waals surface area contributed by atoms with E-state index < -0.39 is 16.4 Å². The molecule has 0 unspecified atom stereocenters. The minimum absolute atomic E-state index is 0.139. The third kappa shape index (κ3) is 8.16. The summed E-state index contributed by atoms with van der Waals surface area (Å²) in [5, 5.41) is 0. The molecule has 0 rings (SSSR count). The van der Waals surface area contributed by atoms with Gasteiger partial charge in [-0.3, -0.25) is 0 Å². The summed E-state index contributed by atoms with van der Waals surface area (Å²) in [5.74, 6) is 1.20. The third-order valence-electron chi connectivity index (χ3n) is 2.06. The Balaban J connectivity index is 4.84. The lowest BCUT2D eigenvalue weighted by molar-refractivity contribution is 0.288. The van der Waals surface area contributed by atoms with Gasteiger partial charge in [-0.15, -0.1) is 0 Å². The van der Waals surface area contributed by atoms with E-state index in [1.165, 1.54) is 11.8 Å². The van der Waals surface area contributed by atoms with Crippen LogP contribution in [0, 0.1) is 5.41 Å². The zero-order valence-corrected chi connectivity index (χ0v) is 14.7. The first kappa shape index (κ1) is 16.0. The van der Waals surface area contributed by atoms with Crippen LogP contribution in [-0.2, 0) is 4.43 Å². The van der Waals surface area contributed by atoms with Crippen molar-refractivity contribution in [2.45, 2.75) is 66.1 Å². The molecule has 0 fully saturated rings. The largest absolute Gasteiger partial charge is 0.547 e. The van der Waals surface area contributed by atoms with Gasteiger partial charge in [0.05, 0.1) is 5.76 Å². The number of hydrogen-bond acceptors (Lipinski definition) is 1. The molecular formula is C13H30OSi2. The first-order valence-electron chi connectivity index (χ1n) is 6.21. The molecule has 3 heteroatoms. The second kappa shape index (κ2) is 5.09. The molecule has 0 atom stereocenters. The Kier molecular flexibility index (Phi) is 5.08. The van der Waals surface area contributed by atoms with Crippen molar-refractivity contribution in [3.05, 3.63) is 11.8 Å². The van der Waals surface area contributed by atoms with Crippen molar-refractivity contribution in [3.63, 3.8) is 0 Å². The maximum absolute atomic E-state index is 6.22. The van der Waals surface area contributed by atoms with E-state index in [1.54, 1.807) is 0 Å². The van der Waals surface area contributed by atoms with Crippen LogP contribution in [0.2, 0.25) is 45.3 Å². The van der Waals surface area contributed by atoms with Gasteiger partial charge in [0.1, 0.15) is 0 Å². The Morgan fingerprint density at radius 3 is 1.69 bits per heavy atom. The molecule has 0 heterocycles. The van der Waals surface area contributed by atoms with Crippen molar-refractivity contribution in [1.29, 1.82) is 0 Å². The summed E-state index contributed by atoms with van der Waals surface area (Å²) in [4.78, 5) is 0. The average Bonchev–Trinajstić information content (AvgIpc) is 1.91. The fourth-order valence-corrected chi connectivity index (χ4v) is 3.08. The van der Waals surface area contributed by atoms with Gasteiger partial charge in [0.25, 0.3) is 0 Å². The molecule has 0 aromatic carbocycles. The van der Waals surface area contributed by atoms with E-state index in [0.29, 0.717) is 0 Å². The summed E-state index contributed by atoms with van der Waals surface area (Å²) < 4.78 is 6.22. The molecule has 0 aliphatic heterocycles. The van der Waals surface area contributed by atoms with Crippen LogP contribution >= 0.6 is 0 Å². The number of hydrogen-bond donors (Lipinski definition) is 0. The molecule has 0 radical (unpaired) electrons. The van der Waals surface area contributed by atoms with Crippen molar-refractivity contribution in [1.82, 2.24) is 0 Å². The van der Waals surface area contributed by atoms with Crippen molar-refractivity contribution >= 4 is 16.4 Å². The average molecular weight is 259 g/mol. The Morgan fingerprint density at radius 1 is 1.00 bits per heavy atom. The first-order valence-corrected chi connectivity index (χ1v) is 13.3. The number of rotatable bonds is 4. The molecular weight excluding hydrogens is 228 g/mol. The second-order valence-electron chi connectivity index (χ2n) is 7.80. The summed E-state index contributed by atoms with van der Waals surface area (Å²) in [6, 6.07) is 1.21. The fraction of sp³-hybridized carbons (Fsp3) is 0.846. The van der Waals surface area contributed by atoms with E-state index >= 15 is 0 Å². The number of allylic oxidation sites excluding steroid dienone is 2. The molecule has 0 aromatic heterocycles. The van der Waals surface area contributed by atoms with Gasteiger partial charge in [-0.25, -0.2) is 0 Å². The minimum atomic E-state index is -1.48. The molecule has 16 heavy (non-hydrogen) atoms. The van der Waals surface area contributed by atoms with Crippen LogP contribution in [0.3, 0.4) is 0 Å². The normalized spacial score (nSPS) is 15.2. The Labute approximate surface area is 104 Å². The van der Waals surface area contributed by atoms with Gasteiger partial charge in [-0.05, 0) is 25.7 Å². The Bertz CT molecular complexity index is 249. The summed E-state index contributed by atoms with van der Waals surface area (Å²) in [6.45, 7) is 20.7. The minimum Gasteiger partial charge on any atom is -0.547 e. The molecule has 0 aliphatic carbocycles. The monoisotopic (exact) mass is 258 g/mol. The second-order valence-corrected chi connectivity index (χ2v) is 17.8. The predicted molar refractivity (Wildman–Crippen MR) is 80.1 cm³/mol. The van der Waals surface area contributed by atoms with Gasteiger partial charge in [-0.1, -0.05) is 46.5 Å². The van der Waals surface area contributed by atoms with Crippen molar-refractivity contribution in [2.75, 3.05) is 0 Å². The van der Waals surface area contributed by atoms with Gasteiger partial charge in [-0.2, -0.15) is 0 Å². The topological polar surface area (TPSA) is 9.23 Å². The van der Waals surface area contributed by atoms with Crippen molar-refractivity contribution in [3.8, 4) is 0 Å². The molecule has 0 saturated carbocycles. The van der Waals surface area contributed by atoms with Crippen molar-refractivity contribution in [2.24, 2.45) is 5.41 Å². The zero-order chi connectivity index (χ0) is 13.2. The smallest absolute Gasteiger partial charge is 0.241 e. The molecule has 0 amide bonds. The van der Waals surface area contributed by atoms with E-state index in [9.17, 15) is 0 Å². The third-order valence-corrected chi connectivity index (χ3v) is 4.32. The SMILES string of the molecule is CC(C)(C)/C(=C/C[Si](C)(C)C)O[Si](C)(C)C. The quantitative estimate of drug-likeness (QED) is 0.503. The van der Waals surface area contributed by atoms with Crippen LogP contribution in [-0.4, -0.2) is 16.4 Å². The molecule has 0 N–H and O–H groups in total. The summed E-state index contributed by atoms with van der Waals surface area (Å²) in [6.07, 6.45) is 2.35. The maximum Gasteiger partial charge on any atom is 0.241 e. The molecule has 0 bridgehead atoms. The predicted octanol–water partition coefficient (Wildman–Crippen LogP) is 5.11. The van der Waals surface area contributed by atoms with E-state index in [2.05, 4.69) is 66.1 Å². The first-order chi connectivity index (χ1) is 6.81. The fourth-order valence-electron chi connectivity index (χ4n) is 1.23. The van der Waals surface area contributed by atoms with Crippen LogP contribution in [0.4, 0.5) is 0 Å². The van der Waals surface area contributed by atoms with E-state index in [4.69, 9.17) is 4.43 Å². The van der Waals surface area contributed by atoms with E-state index in [1.807, 2.05) is 0 Å². The van der Waals surface area contributed by atoms with Gasteiger partial charge in [0, 0.05) is 13.5 Å². The lowest BCUT2D eigenvalue weighted by Gasteiger charge is -2.31. The lowest BCUT2D eigenvalue weighted by atomic mass is 9.94. The standard InChI is InChI=1S/C13H30OSi2/c1-13(2,3)12(14-16(7,8)9)10-11-15(4,5)6/h10H,11H2,1-9H3/b12-10-. The molecule has 1 nitrogen and oxygen atoms in total. The van der Waals surface area contributed by atoms with Crippen LogP contribution in [0.1, 0.15) is 20.8 Å². The highest BCUT2D eigenvalue weighted by Gasteiger charge is 2.26. The van der Waals surface area contributed by atoms with E-state index in [-0.39, 0.29) is 5.41 Å². The molecule has 0 spiro atoms. The summed E-state index contributed by atoms with van der Waals surface area (Å²) >= 11 is 0. The summed E-state index contributed by atoms with van der Waals surface area (Å²) in [7, 11) is -2.49. The lowest BCUT2D eigenvalue weighted by Crippen LogP contribution is -2.29. The maximum atomic E-state index is 6.22. The van der Waals surface area contributed by atoms with Gasteiger partial charge >= 0.3 is 0 Å². The highest BCUT2D eigenvalue weighted by molar-refractivity contribution is 6.76. The highest BCUT2D eigenvalue weighted by atomic mass is 28.4. The van der Waals surface area contributed by atoms with Gasteiger partial charge < -0.3 is 4.43 Å². The van der Waals surface area contributed by atoms with Crippen LogP contribution in [0.25, 0.3) is 0 Å². The van der Waals surface area contributed by atoms with Gasteiger partial charge in [0.2, 0.25) is 8.32 Å². The molecule has 0 aromatic rings. The summed E-state index contributed by atoms with van der Waals surface area (Å²) in [5.41, 5.74) is 0.139. The molecule has 0 saturated heterocycles. The Hall–Kier alpha value is -0.0262. The Morgan fingerprint density at radius 2 is 1.44 bits per heavy atom. The molecule has 96 valence electrons.